The molecule has 92 valence electrons. The van der Waals surface area contributed by atoms with Crippen LogP contribution in [0.5, 0.6) is 11.5 Å². The van der Waals surface area contributed by atoms with Gasteiger partial charge in [0, 0.05) is 13.0 Å². The van der Waals surface area contributed by atoms with E-state index in [1.54, 1.807) is 26.4 Å². The van der Waals surface area contributed by atoms with Crippen LogP contribution in [-0.2, 0) is 0 Å². The van der Waals surface area contributed by atoms with E-state index in [2.05, 4.69) is 11.8 Å². The van der Waals surface area contributed by atoms with Gasteiger partial charge in [0.2, 0.25) is 0 Å². The number of rotatable bonds is 4. The molecule has 0 aliphatic heterocycles. The lowest BCUT2D eigenvalue weighted by atomic mass is 10.2. The van der Waals surface area contributed by atoms with Crippen LogP contribution in [0.1, 0.15) is 18.4 Å². The first-order valence-corrected chi connectivity index (χ1v) is 5.62. The summed E-state index contributed by atoms with van der Waals surface area (Å²) >= 11 is 6.10. The normalized spacial score (nSPS) is 9.41. The molecule has 0 aliphatic rings. The van der Waals surface area contributed by atoms with Crippen molar-refractivity contribution in [3.05, 3.63) is 22.7 Å². The van der Waals surface area contributed by atoms with Gasteiger partial charge in [-0.15, -0.1) is 0 Å². The molecule has 17 heavy (non-hydrogen) atoms. The number of methoxy groups -OCH3 is 2. The maximum Gasteiger partial charge on any atom is 0.156 e. The zero-order chi connectivity index (χ0) is 12.7. The van der Waals surface area contributed by atoms with E-state index in [0.717, 1.165) is 5.56 Å². The van der Waals surface area contributed by atoms with Gasteiger partial charge < -0.3 is 14.6 Å². The first-order chi connectivity index (χ1) is 8.24. The summed E-state index contributed by atoms with van der Waals surface area (Å²) in [6.45, 7) is 0.148. The van der Waals surface area contributed by atoms with Crippen LogP contribution >= 0.6 is 11.6 Å². The molecule has 3 nitrogen and oxygen atoms in total. The maximum atomic E-state index is 8.65. The summed E-state index contributed by atoms with van der Waals surface area (Å²) in [4.78, 5) is 0. The fraction of sp³-hybridized carbons (Fsp3) is 0.385. The molecule has 0 aliphatic carbocycles. The molecule has 1 aromatic carbocycles. The van der Waals surface area contributed by atoms with Crippen molar-refractivity contribution in [3.63, 3.8) is 0 Å². The van der Waals surface area contributed by atoms with Crippen LogP contribution in [0.2, 0.25) is 5.02 Å². The summed E-state index contributed by atoms with van der Waals surface area (Å²) in [5.41, 5.74) is 0.719. The summed E-state index contributed by atoms with van der Waals surface area (Å²) < 4.78 is 10.3. The van der Waals surface area contributed by atoms with Gasteiger partial charge in [0.1, 0.15) is 10.8 Å². The van der Waals surface area contributed by atoms with Crippen molar-refractivity contribution in [1.29, 1.82) is 0 Å². The molecule has 0 amide bonds. The van der Waals surface area contributed by atoms with Crippen molar-refractivity contribution in [2.45, 2.75) is 12.8 Å². The number of hydrogen-bond donors (Lipinski definition) is 1. The van der Waals surface area contributed by atoms with Gasteiger partial charge in [0.15, 0.2) is 5.75 Å². The summed E-state index contributed by atoms with van der Waals surface area (Å²) in [7, 11) is 3.09. The highest BCUT2D eigenvalue weighted by molar-refractivity contribution is 6.33. The third-order valence-electron chi connectivity index (χ3n) is 2.17. The molecule has 0 atom stereocenters. The van der Waals surface area contributed by atoms with Crippen molar-refractivity contribution >= 4 is 11.6 Å². The number of hydrogen-bond acceptors (Lipinski definition) is 3. The predicted octanol–water partition coefficient (Wildman–Crippen LogP) is 2.48. The number of aliphatic hydroxyl groups excluding tert-OH is 1. The van der Waals surface area contributed by atoms with E-state index in [-0.39, 0.29) is 6.61 Å². The van der Waals surface area contributed by atoms with E-state index in [1.165, 1.54) is 0 Å². The summed E-state index contributed by atoms with van der Waals surface area (Å²) in [6, 6.07) is 3.55. The Kier molecular flexibility index (Phi) is 5.68. The average Bonchev–Trinajstić information content (AvgIpc) is 2.35. The molecule has 0 fully saturated rings. The Bertz CT molecular complexity index is 432. The Morgan fingerprint density at radius 2 is 2.06 bits per heavy atom. The van der Waals surface area contributed by atoms with E-state index in [9.17, 15) is 0 Å². The molecular weight excluding hydrogens is 240 g/mol. The highest BCUT2D eigenvalue weighted by Crippen LogP contribution is 2.36. The van der Waals surface area contributed by atoms with Crippen molar-refractivity contribution in [3.8, 4) is 23.3 Å². The maximum absolute atomic E-state index is 8.65. The minimum atomic E-state index is 0.148. The highest BCUT2D eigenvalue weighted by Gasteiger charge is 2.11. The second-order valence-electron chi connectivity index (χ2n) is 3.29. The fourth-order valence-corrected chi connectivity index (χ4v) is 1.64. The van der Waals surface area contributed by atoms with Crippen molar-refractivity contribution in [2.75, 3.05) is 20.8 Å². The first-order valence-electron chi connectivity index (χ1n) is 5.24. The van der Waals surface area contributed by atoms with E-state index in [0.29, 0.717) is 29.4 Å². The van der Waals surface area contributed by atoms with Gasteiger partial charge in [-0.3, -0.25) is 0 Å². The minimum Gasteiger partial charge on any atom is -0.495 e. The molecule has 0 bridgehead atoms. The third-order valence-corrected chi connectivity index (χ3v) is 2.53. The fourth-order valence-electron chi connectivity index (χ4n) is 1.32. The number of benzene rings is 1. The molecule has 0 saturated heterocycles. The lowest BCUT2D eigenvalue weighted by molar-refractivity contribution is 0.290. The van der Waals surface area contributed by atoms with Crippen LogP contribution in [0, 0.1) is 11.8 Å². The largest absolute Gasteiger partial charge is 0.495 e. The van der Waals surface area contributed by atoms with Crippen LogP contribution in [0.25, 0.3) is 0 Å². The highest BCUT2D eigenvalue weighted by atomic mass is 35.5. The van der Waals surface area contributed by atoms with Crippen molar-refractivity contribution in [1.82, 2.24) is 0 Å². The zero-order valence-electron chi connectivity index (χ0n) is 9.92. The molecule has 0 heterocycles. The molecule has 0 radical (unpaired) electrons. The number of unbranched alkanes of at least 4 members (excludes halogenated alkanes) is 1. The number of halogens is 1. The van der Waals surface area contributed by atoms with Crippen LogP contribution in [0.4, 0.5) is 0 Å². The van der Waals surface area contributed by atoms with Gasteiger partial charge in [-0.05, 0) is 18.6 Å². The summed E-state index contributed by atoms with van der Waals surface area (Å²) in [5.74, 6) is 6.99. The Morgan fingerprint density at radius 3 is 2.65 bits per heavy atom. The number of aliphatic hydroxyl groups is 1. The SMILES string of the molecule is COc1ccc(C#CCCCO)c(OC)c1Cl. The van der Waals surface area contributed by atoms with Crippen LogP contribution in [0.3, 0.4) is 0 Å². The summed E-state index contributed by atoms with van der Waals surface area (Å²) in [5, 5.41) is 9.07. The standard InChI is InChI=1S/C13H15ClO3/c1-16-11-8-7-10(6-4-3-5-9-15)13(17-2)12(11)14/h7-8,15H,3,5,9H2,1-2H3. The van der Waals surface area contributed by atoms with Crippen LogP contribution in [0.15, 0.2) is 12.1 Å². The van der Waals surface area contributed by atoms with Crippen molar-refractivity contribution in [2.24, 2.45) is 0 Å². The van der Waals surface area contributed by atoms with E-state index in [1.807, 2.05) is 0 Å². The molecule has 0 aromatic heterocycles. The van der Waals surface area contributed by atoms with E-state index in [4.69, 9.17) is 26.2 Å². The monoisotopic (exact) mass is 254 g/mol. The Balaban J connectivity index is 2.99. The second kappa shape index (κ2) is 7.05. The molecule has 0 spiro atoms. The van der Waals surface area contributed by atoms with Gasteiger partial charge in [0.05, 0.1) is 19.8 Å². The number of ether oxygens (including phenoxy) is 2. The smallest absolute Gasteiger partial charge is 0.156 e. The first kappa shape index (κ1) is 13.7. The molecule has 1 aromatic rings. The van der Waals surface area contributed by atoms with E-state index < -0.39 is 0 Å². The third kappa shape index (κ3) is 3.55. The van der Waals surface area contributed by atoms with Gasteiger partial charge in [-0.1, -0.05) is 23.4 Å². The van der Waals surface area contributed by atoms with Gasteiger partial charge in [-0.25, -0.2) is 0 Å². The Labute approximate surface area is 106 Å². The molecule has 0 unspecified atom stereocenters. The van der Waals surface area contributed by atoms with Gasteiger partial charge >= 0.3 is 0 Å². The molecule has 0 saturated carbocycles. The second-order valence-corrected chi connectivity index (χ2v) is 3.67. The topological polar surface area (TPSA) is 38.7 Å². The van der Waals surface area contributed by atoms with Crippen molar-refractivity contribution < 1.29 is 14.6 Å². The molecule has 1 N–H and O–H groups in total. The predicted molar refractivity (Wildman–Crippen MR) is 67.8 cm³/mol. The summed E-state index contributed by atoms with van der Waals surface area (Å²) in [6.07, 6.45) is 1.31. The zero-order valence-corrected chi connectivity index (χ0v) is 10.7. The lowest BCUT2D eigenvalue weighted by Gasteiger charge is -2.09. The van der Waals surface area contributed by atoms with E-state index >= 15 is 0 Å². The quantitative estimate of drug-likeness (QED) is 0.663. The Morgan fingerprint density at radius 1 is 1.29 bits per heavy atom. The lowest BCUT2D eigenvalue weighted by Crippen LogP contribution is -1.92. The van der Waals surface area contributed by atoms with Gasteiger partial charge in [-0.2, -0.15) is 0 Å². The molecule has 4 heteroatoms. The molecular formula is C13H15ClO3. The molecule has 1 rings (SSSR count). The average molecular weight is 255 g/mol. The Hall–Kier alpha value is -1.37. The van der Waals surface area contributed by atoms with Gasteiger partial charge in [0.25, 0.3) is 0 Å². The van der Waals surface area contributed by atoms with Crippen LogP contribution < -0.4 is 9.47 Å². The minimum absolute atomic E-state index is 0.148. The van der Waals surface area contributed by atoms with Crippen LogP contribution in [-0.4, -0.2) is 25.9 Å².